The third-order valence-electron chi connectivity index (χ3n) is 6.74. The van der Waals surface area contributed by atoms with E-state index in [9.17, 15) is 8.42 Å². The van der Waals surface area contributed by atoms with Crippen LogP contribution in [-0.4, -0.2) is 76.3 Å². The molecule has 2 fully saturated rings. The minimum absolute atomic E-state index is 0.255. The van der Waals surface area contributed by atoms with Gasteiger partial charge in [0.15, 0.2) is 0 Å². The SMILES string of the molecule is Cc1c(C)c(C)c(S(=O)(=O)N2CCN(CCOCC3CCCO3)CC2)c(C)c1C. The van der Waals surface area contributed by atoms with Gasteiger partial charge in [0.1, 0.15) is 0 Å². The second-order valence-electron chi connectivity index (χ2n) is 8.41. The normalized spacial score (nSPS) is 21.8. The Balaban J connectivity index is 1.57. The largest absolute Gasteiger partial charge is 0.377 e. The summed E-state index contributed by atoms with van der Waals surface area (Å²) in [5.41, 5.74) is 5.11. The lowest BCUT2D eigenvalue weighted by Gasteiger charge is -2.35. The van der Waals surface area contributed by atoms with E-state index in [0.717, 1.165) is 61.3 Å². The fraction of sp³-hybridized carbons (Fsp3) is 0.727. The van der Waals surface area contributed by atoms with Crippen molar-refractivity contribution in [2.24, 2.45) is 0 Å². The standard InChI is InChI=1S/C22H36N2O4S/c1-16-17(2)19(4)22(20(5)18(16)3)29(25,26)24-10-8-23(9-11-24)12-14-27-15-21-7-6-13-28-21/h21H,6-15H2,1-5H3. The summed E-state index contributed by atoms with van der Waals surface area (Å²) in [5, 5.41) is 0. The van der Waals surface area contributed by atoms with Crippen LogP contribution < -0.4 is 0 Å². The van der Waals surface area contributed by atoms with Crippen molar-refractivity contribution in [2.75, 3.05) is 52.5 Å². The van der Waals surface area contributed by atoms with Gasteiger partial charge in [0.25, 0.3) is 0 Å². The molecule has 0 aliphatic carbocycles. The van der Waals surface area contributed by atoms with Crippen LogP contribution >= 0.6 is 0 Å². The molecule has 2 aliphatic heterocycles. The van der Waals surface area contributed by atoms with Crippen molar-refractivity contribution >= 4 is 10.0 Å². The zero-order chi connectivity index (χ0) is 21.2. The van der Waals surface area contributed by atoms with E-state index in [1.807, 2.05) is 27.7 Å². The summed E-state index contributed by atoms with van der Waals surface area (Å²) in [7, 11) is -3.49. The minimum Gasteiger partial charge on any atom is -0.377 e. The Kier molecular flexibility index (Phi) is 7.38. The first kappa shape index (κ1) is 22.7. The van der Waals surface area contributed by atoms with Crippen molar-refractivity contribution in [1.82, 2.24) is 9.21 Å². The van der Waals surface area contributed by atoms with Crippen molar-refractivity contribution in [3.8, 4) is 0 Å². The Bertz CT molecular complexity index is 795. The molecular formula is C22H36N2O4S. The molecule has 0 radical (unpaired) electrons. The maximum Gasteiger partial charge on any atom is 0.243 e. The lowest BCUT2D eigenvalue weighted by Crippen LogP contribution is -2.49. The van der Waals surface area contributed by atoms with Crippen LogP contribution in [0.2, 0.25) is 0 Å². The summed E-state index contributed by atoms with van der Waals surface area (Å²) in [6.45, 7) is 15.5. The zero-order valence-corrected chi connectivity index (χ0v) is 19.4. The van der Waals surface area contributed by atoms with Gasteiger partial charge in [-0.1, -0.05) is 0 Å². The van der Waals surface area contributed by atoms with Crippen LogP contribution in [0, 0.1) is 34.6 Å². The maximum absolute atomic E-state index is 13.4. The molecule has 2 aliphatic rings. The van der Waals surface area contributed by atoms with Gasteiger partial charge in [0, 0.05) is 39.3 Å². The molecule has 2 saturated heterocycles. The predicted molar refractivity (Wildman–Crippen MR) is 115 cm³/mol. The molecule has 0 spiro atoms. The molecule has 29 heavy (non-hydrogen) atoms. The number of hydrogen-bond acceptors (Lipinski definition) is 5. The average molecular weight is 425 g/mol. The molecule has 3 rings (SSSR count). The smallest absolute Gasteiger partial charge is 0.243 e. The summed E-state index contributed by atoms with van der Waals surface area (Å²) < 4.78 is 39.8. The molecule has 0 aromatic heterocycles. The van der Waals surface area contributed by atoms with E-state index in [1.54, 1.807) is 4.31 Å². The number of benzene rings is 1. The van der Waals surface area contributed by atoms with Crippen molar-refractivity contribution in [3.63, 3.8) is 0 Å². The van der Waals surface area contributed by atoms with Crippen LogP contribution in [0.1, 0.15) is 40.7 Å². The molecule has 0 bridgehead atoms. The number of hydrogen-bond donors (Lipinski definition) is 0. The van der Waals surface area contributed by atoms with Crippen molar-refractivity contribution in [3.05, 3.63) is 27.8 Å². The van der Waals surface area contributed by atoms with E-state index in [4.69, 9.17) is 9.47 Å². The fourth-order valence-electron chi connectivity index (χ4n) is 4.36. The molecular weight excluding hydrogens is 388 g/mol. The lowest BCUT2D eigenvalue weighted by molar-refractivity contribution is 0.00837. The third-order valence-corrected chi connectivity index (χ3v) is 8.91. The van der Waals surface area contributed by atoms with Gasteiger partial charge in [-0.3, -0.25) is 4.90 Å². The van der Waals surface area contributed by atoms with E-state index in [2.05, 4.69) is 11.8 Å². The predicted octanol–water partition coefficient (Wildman–Crippen LogP) is 2.73. The van der Waals surface area contributed by atoms with E-state index in [1.165, 1.54) is 5.56 Å². The number of ether oxygens (including phenoxy) is 2. The summed E-state index contributed by atoms with van der Waals surface area (Å²) in [6, 6.07) is 0. The summed E-state index contributed by atoms with van der Waals surface area (Å²) in [5.74, 6) is 0. The number of rotatable bonds is 7. The zero-order valence-electron chi connectivity index (χ0n) is 18.6. The van der Waals surface area contributed by atoms with Crippen LogP contribution in [0.15, 0.2) is 4.90 Å². The van der Waals surface area contributed by atoms with Crippen molar-refractivity contribution < 1.29 is 17.9 Å². The van der Waals surface area contributed by atoms with Crippen LogP contribution in [0.25, 0.3) is 0 Å². The van der Waals surface area contributed by atoms with Gasteiger partial charge in [0.2, 0.25) is 10.0 Å². The highest BCUT2D eigenvalue weighted by molar-refractivity contribution is 7.89. The molecule has 1 unspecified atom stereocenters. The van der Waals surface area contributed by atoms with Gasteiger partial charge in [-0.15, -0.1) is 0 Å². The Morgan fingerprint density at radius 1 is 0.931 bits per heavy atom. The molecule has 1 atom stereocenters. The van der Waals surface area contributed by atoms with Gasteiger partial charge in [-0.25, -0.2) is 8.42 Å². The van der Waals surface area contributed by atoms with Crippen molar-refractivity contribution in [1.29, 1.82) is 0 Å². The Labute approximate surface area is 176 Å². The first-order chi connectivity index (χ1) is 13.7. The van der Waals surface area contributed by atoms with E-state index < -0.39 is 10.0 Å². The second-order valence-corrected chi connectivity index (χ2v) is 10.3. The molecule has 2 heterocycles. The maximum atomic E-state index is 13.4. The van der Waals surface area contributed by atoms with Crippen LogP contribution in [0.5, 0.6) is 0 Å². The number of piperazine rings is 1. The molecule has 164 valence electrons. The first-order valence-corrected chi connectivity index (χ1v) is 12.2. The number of sulfonamides is 1. The van der Waals surface area contributed by atoms with Gasteiger partial charge >= 0.3 is 0 Å². The average Bonchev–Trinajstić information content (AvgIpc) is 3.22. The van der Waals surface area contributed by atoms with E-state index in [-0.39, 0.29) is 6.10 Å². The Hall–Kier alpha value is -0.990. The lowest BCUT2D eigenvalue weighted by atomic mass is 9.95. The Morgan fingerprint density at radius 3 is 2.07 bits per heavy atom. The highest BCUT2D eigenvalue weighted by Gasteiger charge is 2.32. The number of nitrogens with zero attached hydrogens (tertiary/aromatic N) is 2. The Morgan fingerprint density at radius 2 is 1.52 bits per heavy atom. The monoisotopic (exact) mass is 424 g/mol. The summed E-state index contributed by atoms with van der Waals surface area (Å²) in [4.78, 5) is 2.79. The molecule has 7 heteroatoms. The highest BCUT2D eigenvalue weighted by atomic mass is 32.2. The second kappa shape index (κ2) is 9.43. The summed E-state index contributed by atoms with van der Waals surface area (Å²) in [6.07, 6.45) is 2.47. The van der Waals surface area contributed by atoms with Gasteiger partial charge in [-0.2, -0.15) is 4.31 Å². The molecule has 6 nitrogen and oxygen atoms in total. The van der Waals surface area contributed by atoms with E-state index in [0.29, 0.717) is 31.2 Å². The van der Waals surface area contributed by atoms with Crippen molar-refractivity contribution in [2.45, 2.75) is 58.5 Å². The van der Waals surface area contributed by atoms with Gasteiger partial charge < -0.3 is 9.47 Å². The van der Waals surface area contributed by atoms with Crippen LogP contribution in [0.4, 0.5) is 0 Å². The first-order valence-electron chi connectivity index (χ1n) is 10.7. The highest BCUT2D eigenvalue weighted by Crippen LogP contribution is 2.31. The van der Waals surface area contributed by atoms with Crippen LogP contribution in [0.3, 0.4) is 0 Å². The minimum atomic E-state index is -3.49. The topological polar surface area (TPSA) is 59.1 Å². The van der Waals surface area contributed by atoms with Gasteiger partial charge in [-0.05, 0) is 75.3 Å². The summed E-state index contributed by atoms with van der Waals surface area (Å²) >= 11 is 0. The van der Waals surface area contributed by atoms with Gasteiger partial charge in [0.05, 0.1) is 24.2 Å². The fourth-order valence-corrected chi connectivity index (χ4v) is 6.34. The molecule has 0 N–H and O–H groups in total. The van der Waals surface area contributed by atoms with Crippen LogP contribution in [-0.2, 0) is 19.5 Å². The van der Waals surface area contributed by atoms with E-state index >= 15 is 0 Å². The quantitative estimate of drug-likeness (QED) is 0.630. The molecule has 1 aromatic carbocycles. The molecule has 0 amide bonds. The third kappa shape index (κ3) is 4.85. The molecule has 1 aromatic rings. The molecule has 0 saturated carbocycles.